The maximum Gasteiger partial charge on any atom is 0.266 e. The van der Waals surface area contributed by atoms with E-state index in [9.17, 15) is 10.1 Å². The number of hydrogen-bond acceptors (Lipinski definition) is 7. The number of ether oxygens (including phenoxy) is 3. The van der Waals surface area contributed by atoms with Crippen LogP contribution in [0.1, 0.15) is 11.1 Å². The quantitative estimate of drug-likeness (QED) is 0.303. The summed E-state index contributed by atoms with van der Waals surface area (Å²) in [6.07, 6.45) is 5.19. The van der Waals surface area contributed by atoms with Crippen LogP contribution in [0, 0.1) is 10.1 Å². The van der Waals surface area contributed by atoms with E-state index in [2.05, 4.69) is 27.6 Å². The van der Waals surface area contributed by atoms with Gasteiger partial charge in [0.1, 0.15) is 13.2 Å². The van der Waals surface area contributed by atoms with Gasteiger partial charge in [-0.05, 0) is 46.4 Å². The zero-order chi connectivity index (χ0) is 20.8. The molecule has 0 amide bonds. The van der Waals surface area contributed by atoms with Gasteiger partial charge in [0.05, 0.1) is 19.1 Å². The summed E-state index contributed by atoms with van der Waals surface area (Å²) in [5.74, 6) is 1.76. The molecule has 2 heterocycles. The Kier molecular flexibility index (Phi) is 6.91. The molecule has 0 aliphatic carbocycles. The maximum absolute atomic E-state index is 11.1. The number of nitrogens with zero attached hydrogens (tertiary/aromatic N) is 3. The zero-order valence-corrected chi connectivity index (χ0v) is 18.2. The minimum Gasteiger partial charge on any atom is -0.493 e. The lowest BCUT2D eigenvalue weighted by atomic mass is 10.1. The number of aromatic nitrogens is 1. The van der Waals surface area contributed by atoms with Gasteiger partial charge in [-0.25, -0.2) is 4.98 Å². The highest BCUT2D eigenvalue weighted by molar-refractivity contribution is 14.1. The Bertz CT molecular complexity index is 944. The van der Waals surface area contributed by atoms with Crippen LogP contribution in [0.15, 0.2) is 58.1 Å². The monoisotopic (exact) mass is 509 g/mol. The maximum atomic E-state index is 11.1. The van der Waals surface area contributed by atoms with Gasteiger partial charge < -0.3 is 19.1 Å². The van der Waals surface area contributed by atoms with E-state index in [0.717, 1.165) is 14.7 Å². The number of hydrogen-bond donors (Lipinski definition) is 0. The van der Waals surface area contributed by atoms with Crippen molar-refractivity contribution in [2.24, 2.45) is 0 Å². The number of pyridine rings is 1. The fraction of sp³-hybridized carbons (Fsp3) is 0.250. The normalized spacial score (nSPS) is 13.4. The van der Waals surface area contributed by atoms with E-state index in [4.69, 9.17) is 14.2 Å². The third-order valence-corrected chi connectivity index (χ3v) is 4.81. The molecule has 1 aromatic carbocycles. The molecule has 1 aliphatic heterocycles. The average molecular weight is 509 g/mol. The Morgan fingerprint density at radius 2 is 1.97 bits per heavy atom. The molecule has 0 saturated heterocycles. The molecule has 29 heavy (non-hydrogen) atoms. The molecular weight excluding hydrogens is 489 g/mol. The molecule has 0 atom stereocenters. The highest BCUT2D eigenvalue weighted by Gasteiger charge is 2.20. The van der Waals surface area contributed by atoms with Crippen molar-refractivity contribution in [3.05, 3.63) is 79.3 Å². The molecule has 0 fully saturated rings. The summed E-state index contributed by atoms with van der Waals surface area (Å²) < 4.78 is 17.2. The second-order valence-corrected chi connectivity index (χ2v) is 7.54. The van der Waals surface area contributed by atoms with E-state index < -0.39 is 0 Å². The standard InChI is InChI=1S/C20H20IN3O5/c1-27-19-7-14(10-23-11-16(21)8-17(12-23)24(25)26)3-5-18(19)29-13-15-4-6-20(28-2)22-9-15/h3-9,11H,10,12-13H2,1-2H3. The number of benzene rings is 1. The summed E-state index contributed by atoms with van der Waals surface area (Å²) in [6.45, 7) is 1.12. The molecule has 0 radical (unpaired) electrons. The molecule has 2 aromatic rings. The molecule has 0 spiro atoms. The Hall–Kier alpha value is -2.82. The molecule has 1 aromatic heterocycles. The third-order valence-electron chi connectivity index (χ3n) is 4.22. The van der Waals surface area contributed by atoms with E-state index in [-0.39, 0.29) is 17.2 Å². The Balaban J connectivity index is 1.67. The van der Waals surface area contributed by atoms with Gasteiger partial charge in [0.25, 0.3) is 5.70 Å². The van der Waals surface area contributed by atoms with E-state index in [1.54, 1.807) is 32.6 Å². The Labute approximate surface area is 182 Å². The van der Waals surface area contributed by atoms with Gasteiger partial charge in [-0.1, -0.05) is 6.07 Å². The molecule has 152 valence electrons. The lowest BCUT2D eigenvalue weighted by molar-refractivity contribution is -0.428. The van der Waals surface area contributed by atoms with Crippen LogP contribution in [0.3, 0.4) is 0 Å². The predicted octanol–water partition coefficient (Wildman–Crippen LogP) is 3.93. The largest absolute Gasteiger partial charge is 0.493 e. The molecule has 0 unspecified atom stereocenters. The fourth-order valence-corrected chi connectivity index (χ4v) is 3.58. The highest BCUT2D eigenvalue weighted by atomic mass is 127. The number of halogens is 1. The van der Waals surface area contributed by atoms with Gasteiger partial charge in [0.2, 0.25) is 5.88 Å². The second kappa shape index (κ2) is 9.59. The van der Waals surface area contributed by atoms with Gasteiger partial charge in [0.15, 0.2) is 11.5 Å². The molecule has 1 aliphatic rings. The average Bonchev–Trinajstić information content (AvgIpc) is 2.72. The Morgan fingerprint density at radius 1 is 1.17 bits per heavy atom. The molecule has 3 rings (SSSR count). The van der Waals surface area contributed by atoms with Gasteiger partial charge in [-0.3, -0.25) is 10.1 Å². The number of rotatable bonds is 8. The van der Waals surface area contributed by atoms with Crippen LogP contribution >= 0.6 is 22.6 Å². The summed E-state index contributed by atoms with van der Waals surface area (Å²) in [7, 11) is 3.15. The first-order valence-electron chi connectivity index (χ1n) is 8.73. The van der Waals surface area contributed by atoms with Crippen LogP contribution < -0.4 is 14.2 Å². The predicted molar refractivity (Wildman–Crippen MR) is 116 cm³/mol. The second-order valence-electron chi connectivity index (χ2n) is 6.29. The van der Waals surface area contributed by atoms with Crippen LogP contribution in [0.25, 0.3) is 0 Å². The van der Waals surface area contributed by atoms with Crippen LogP contribution in [0.4, 0.5) is 0 Å². The smallest absolute Gasteiger partial charge is 0.266 e. The van der Waals surface area contributed by atoms with Crippen molar-refractivity contribution >= 4 is 22.6 Å². The first kappa shape index (κ1) is 20.9. The molecule has 0 saturated carbocycles. The van der Waals surface area contributed by atoms with Crippen LogP contribution in [-0.2, 0) is 13.2 Å². The first-order chi connectivity index (χ1) is 14.0. The molecule has 0 bridgehead atoms. The van der Waals surface area contributed by atoms with Gasteiger partial charge in [-0.2, -0.15) is 0 Å². The van der Waals surface area contributed by atoms with Crippen molar-refractivity contribution in [2.75, 3.05) is 20.8 Å². The number of nitro groups is 1. The van der Waals surface area contributed by atoms with Crippen molar-refractivity contribution in [2.45, 2.75) is 13.2 Å². The summed E-state index contributed by atoms with van der Waals surface area (Å²) in [4.78, 5) is 16.8. The van der Waals surface area contributed by atoms with Crippen LogP contribution in [0.5, 0.6) is 17.4 Å². The summed E-state index contributed by atoms with van der Waals surface area (Å²) in [5, 5.41) is 11.1. The summed E-state index contributed by atoms with van der Waals surface area (Å²) >= 11 is 2.08. The van der Waals surface area contributed by atoms with Gasteiger partial charge in [-0.15, -0.1) is 0 Å². The fourth-order valence-electron chi connectivity index (χ4n) is 2.82. The third kappa shape index (κ3) is 5.59. The molecular formula is C20H20IN3O5. The van der Waals surface area contributed by atoms with Crippen LogP contribution in [-0.4, -0.2) is 35.6 Å². The minimum atomic E-state index is -0.343. The van der Waals surface area contributed by atoms with E-state index in [1.165, 1.54) is 0 Å². The van der Waals surface area contributed by atoms with E-state index in [0.29, 0.717) is 30.5 Å². The summed E-state index contributed by atoms with van der Waals surface area (Å²) in [5.41, 5.74) is 2.05. The first-order valence-corrected chi connectivity index (χ1v) is 9.81. The lowest BCUT2D eigenvalue weighted by Gasteiger charge is -2.23. The molecule has 8 nitrogen and oxygen atoms in total. The topological polar surface area (TPSA) is 87.0 Å². The van der Waals surface area contributed by atoms with Gasteiger partial charge in [0, 0.05) is 40.2 Å². The van der Waals surface area contributed by atoms with Crippen molar-refractivity contribution in [1.82, 2.24) is 9.88 Å². The SMILES string of the molecule is COc1ccc(COc2ccc(CN3C=C(I)C=C([N+](=O)[O-])C3)cc2OC)cn1. The van der Waals surface area contributed by atoms with Crippen LogP contribution in [0.2, 0.25) is 0 Å². The lowest BCUT2D eigenvalue weighted by Crippen LogP contribution is -2.25. The van der Waals surface area contributed by atoms with E-state index >= 15 is 0 Å². The van der Waals surface area contributed by atoms with Crippen molar-refractivity contribution in [3.8, 4) is 17.4 Å². The highest BCUT2D eigenvalue weighted by Crippen LogP contribution is 2.30. The number of allylic oxidation sites excluding steroid dienone is 2. The van der Waals surface area contributed by atoms with E-state index in [1.807, 2.05) is 35.4 Å². The van der Waals surface area contributed by atoms with Crippen molar-refractivity contribution in [1.29, 1.82) is 0 Å². The Morgan fingerprint density at radius 3 is 2.62 bits per heavy atom. The minimum absolute atomic E-state index is 0.178. The van der Waals surface area contributed by atoms with Crippen molar-refractivity contribution in [3.63, 3.8) is 0 Å². The molecule has 0 N–H and O–H groups in total. The van der Waals surface area contributed by atoms with Gasteiger partial charge >= 0.3 is 0 Å². The number of methoxy groups -OCH3 is 2. The summed E-state index contributed by atoms with van der Waals surface area (Å²) in [6, 6.07) is 9.31. The molecule has 9 heteroatoms. The van der Waals surface area contributed by atoms with Crippen molar-refractivity contribution < 1.29 is 19.1 Å². The zero-order valence-electron chi connectivity index (χ0n) is 16.0.